The second-order valence-corrected chi connectivity index (χ2v) is 5.95. The minimum Gasteiger partial charge on any atom is -0.483 e. The number of aliphatic hydroxyl groups is 1. The van der Waals surface area contributed by atoms with E-state index in [9.17, 15) is 4.79 Å². The molecule has 0 radical (unpaired) electrons. The molecule has 1 aliphatic rings. The first-order valence-corrected chi connectivity index (χ1v) is 7.24. The maximum Gasteiger partial charge on any atom is 0.257 e. The van der Waals surface area contributed by atoms with Crippen LogP contribution < -0.4 is 10.1 Å². The number of ether oxygens (including phenoxy) is 1. The summed E-state index contributed by atoms with van der Waals surface area (Å²) in [6.45, 7) is 0.566. The van der Waals surface area contributed by atoms with Gasteiger partial charge in [-0.3, -0.25) is 4.79 Å². The number of halogens is 2. The predicted octanol–water partition coefficient (Wildman–Crippen LogP) is 2.37. The van der Waals surface area contributed by atoms with E-state index in [-0.39, 0.29) is 18.6 Å². The quantitative estimate of drug-likeness (QED) is 0.859. The zero-order valence-corrected chi connectivity index (χ0v) is 12.6. The van der Waals surface area contributed by atoms with E-state index in [1.54, 1.807) is 18.2 Å². The van der Waals surface area contributed by atoms with Gasteiger partial charge in [0.15, 0.2) is 6.61 Å². The Morgan fingerprint density at radius 3 is 2.89 bits per heavy atom. The van der Waals surface area contributed by atoms with Crippen LogP contribution in [0, 0.1) is 5.92 Å². The van der Waals surface area contributed by atoms with Gasteiger partial charge in [0.25, 0.3) is 5.91 Å². The van der Waals surface area contributed by atoms with Crippen LogP contribution in [-0.2, 0) is 4.79 Å². The van der Waals surface area contributed by atoms with Crippen LogP contribution in [0.4, 0.5) is 0 Å². The molecule has 0 heterocycles. The molecule has 1 aromatic carbocycles. The average Bonchev–Trinajstić information content (AvgIpc) is 2.32. The highest BCUT2D eigenvalue weighted by molar-refractivity contribution is 9.10. The smallest absolute Gasteiger partial charge is 0.257 e. The Labute approximate surface area is 125 Å². The Hall–Kier alpha value is -0.780. The Bertz CT molecular complexity index is 463. The van der Waals surface area contributed by atoms with Crippen LogP contribution in [-0.4, -0.2) is 30.3 Å². The van der Waals surface area contributed by atoms with Gasteiger partial charge in [0, 0.05) is 11.6 Å². The average molecular weight is 349 g/mol. The van der Waals surface area contributed by atoms with Crippen molar-refractivity contribution in [3.63, 3.8) is 0 Å². The van der Waals surface area contributed by atoms with Gasteiger partial charge in [-0.15, -0.1) is 0 Å². The van der Waals surface area contributed by atoms with Crippen LogP contribution in [0.5, 0.6) is 5.75 Å². The number of nitrogens with one attached hydrogen (secondary N) is 1. The fourth-order valence-corrected chi connectivity index (χ4v) is 2.71. The fourth-order valence-electron chi connectivity index (χ4n) is 1.91. The summed E-state index contributed by atoms with van der Waals surface area (Å²) in [5.74, 6) is 0.808. The number of carbonyl (C=O) groups is 1. The molecule has 0 aromatic heterocycles. The minimum atomic E-state index is -0.192. The van der Waals surface area contributed by atoms with Crippen molar-refractivity contribution >= 4 is 33.4 Å². The lowest BCUT2D eigenvalue weighted by Gasteiger charge is -2.31. The SMILES string of the molecule is O=C(COc1ccc(Cl)cc1Br)NCC1CC(O)C1. The van der Waals surface area contributed by atoms with Gasteiger partial charge < -0.3 is 15.2 Å². The number of aliphatic hydroxyl groups excluding tert-OH is 1. The summed E-state index contributed by atoms with van der Waals surface area (Å²) in [5.41, 5.74) is 0. The molecule has 2 N–H and O–H groups in total. The summed E-state index contributed by atoms with van der Waals surface area (Å²) >= 11 is 9.13. The third kappa shape index (κ3) is 4.37. The Morgan fingerprint density at radius 2 is 2.26 bits per heavy atom. The first kappa shape index (κ1) is 14.6. The molecule has 1 aliphatic carbocycles. The molecule has 1 amide bonds. The van der Waals surface area contributed by atoms with Gasteiger partial charge in [0.05, 0.1) is 10.6 Å². The van der Waals surface area contributed by atoms with Crippen LogP contribution >= 0.6 is 27.5 Å². The van der Waals surface area contributed by atoms with E-state index in [0.29, 0.717) is 23.2 Å². The highest BCUT2D eigenvalue weighted by atomic mass is 79.9. The number of hydrogen-bond acceptors (Lipinski definition) is 3. The van der Waals surface area contributed by atoms with Gasteiger partial charge in [0.2, 0.25) is 0 Å². The van der Waals surface area contributed by atoms with Crippen LogP contribution in [0.3, 0.4) is 0 Å². The first-order chi connectivity index (χ1) is 9.04. The summed E-state index contributed by atoms with van der Waals surface area (Å²) in [6.07, 6.45) is 1.34. The predicted molar refractivity (Wildman–Crippen MR) is 76.4 cm³/mol. The molecular formula is C13H15BrClNO3. The van der Waals surface area contributed by atoms with Crippen molar-refractivity contribution in [3.8, 4) is 5.75 Å². The van der Waals surface area contributed by atoms with Gasteiger partial charge >= 0.3 is 0 Å². The molecule has 1 fully saturated rings. The van der Waals surface area contributed by atoms with Gasteiger partial charge in [-0.05, 0) is 52.9 Å². The molecule has 0 spiro atoms. The minimum absolute atomic E-state index is 0.0322. The normalized spacial score (nSPS) is 21.6. The third-order valence-corrected chi connectivity index (χ3v) is 3.91. The molecule has 4 nitrogen and oxygen atoms in total. The molecular weight excluding hydrogens is 334 g/mol. The maximum atomic E-state index is 11.6. The van der Waals surface area contributed by atoms with Crippen molar-refractivity contribution in [2.75, 3.05) is 13.2 Å². The van der Waals surface area contributed by atoms with Crippen LogP contribution in [0.25, 0.3) is 0 Å². The Kier molecular flexibility index (Phi) is 5.07. The topological polar surface area (TPSA) is 58.6 Å². The van der Waals surface area contributed by atoms with Crippen molar-refractivity contribution in [1.29, 1.82) is 0 Å². The number of hydrogen-bond donors (Lipinski definition) is 2. The number of amides is 1. The van der Waals surface area contributed by atoms with Crippen molar-refractivity contribution in [2.45, 2.75) is 18.9 Å². The zero-order valence-electron chi connectivity index (χ0n) is 10.2. The second-order valence-electron chi connectivity index (χ2n) is 4.66. The highest BCUT2D eigenvalue weighted by Crippen LogP contribution is 2.28. The molecule has 0 unspecified atom stereocenters. The molecule has 0 atom stereocenters. The first-order valence-electron chi connectivity index (χ1n) is 6.07. The van der Waals surface area contributed by atoms with Crippen molar-refractivity contribution in [1.82, 2.24) is 5.32 Å². The molecule has 104 valence electrons. The lowest BCUT2D eigenvalue weighted by molar-refractivity contribution is -0.123. The Morgan fingerprint density at radius 1 is 1.53 bits per heavy atom. The molecule has 2 rings (SSSR count). The van der Waals surface area contributed by atoms with E-state index in [1.165, 1.54) is 0 Å². The molecule has 0 aliphatic heterocycles. The van der Waals surface area contributed by atoms with E-state index in [1.807, 2.05) is 0 Å². The monoisotopic (exact) mass is 347 g/mol. The fraction of sp³-hybridized carbons (Fsp3) is 0.462. The molecule has 0 saturated heterocycles. The summed E-state index contributed by atoms with van der Waals surface area (Å²) < 4.78 is 6.11. The van der Waals surface area contributed by atoms with Crippen LogP contribution in [0.15, 0.2) is 22.7 Å². The summed E-state index contributed by atoms with van der Waals surface area (Å²) in [4.78, 5) is 11.6. The molecule has 0 bridgehead atoms. The van der Waals surface area contributed by atoms with E-state index < -0.39 is 0 Å². The van der Waals surface area contributed by atoms with Gasteiger partial charge in [-0.2, -0.15) is 0 Å². The summed E-state index contributed by atoms with van der Waals surface area (Å²) in [5, 5.41) is 12.5. The third-order valence-electron chi connectivity index (χ3n) is 3.05. The van der Waals surface area contributed by atoms with Gasteiger partial charge in [-0.1, -0.05) is 11.6 Å². The molecule has 19 heavy (non-hydrogen) atoms. The van der Waals surface area contributed by atoms with Gasteiger partial charge in [-0.25, -0.2) is 0 Å². The van der Waals surface area contributed by atoms with Crippen LogP contribution in [0.2, 0.25) is 5.02 Å². The van der Waals surface area contributed by atoms with Crippen molar-refractivity contribution in [2.24, 2.45) is 5.92 Å². The highest BCUT2D eigenvalue weighted by Gasteiger charge is 2.27. The molecule has 1 saturated carbocycles. The lowest BCUT2D eigenvalue weighted by atomic mass is 9.82. The standard InChI is InChI=1S/C13H15BrClNO3/c14-11-5-9(15)1-2-12(11)19-7-13(18)16-6-8-3-10(17)4-8/h1-2,5,8,10,17H,3-4,6-7H2,(H,16,18). The molecule has 6 heteroatoms. The van der Waals surface area contributed by atoms with Crippen LogP contribution in [0.1, 0.15) is 12.8 Å². The van der Waals surface area contributed by atoms with E-state index in [0.717, 1.165) is 17.3 Å². The van der Waals surface area contributed by atoms with E-state index in [2.05, 4.69) is 21.2 Å². The van der Waals surface area contributed by atoms with Crippen molar-refractivity contribution < 1.29 is 14.6 Å². The summed E-state index contributed by atoms with van der Waals surface area (Å²) in [7, 11) is 0. The van der Waals surface area contributed by atoms with Crippen molar-refractivity contribution in [3.05, 3.63) is 27.7 Å². The zero-order chi connectivity index (χ0) is 13.8. The van der Waals surface area contributed by atoms with E-state index >= 15 is 0 Å². The number of rotatable bonds is 5. The number of carbonyl (C=O) groups excluding carboxylic acids is 1. The lowest BCUT2D eigenvalue weighted by Crippen LogP contribution is -2.39. The molecule has 1 aromatic rings. The largest absolute Gasteiger partial charge is 0.483 e. The van der Waals surface area contributed by atoms with E-state index in [4.69, 9.17) is 21.4 Å². The number of benzene rings is 1. The Balaban J connectivity index is 1.71. The summed E-state index contributed by atoms with van der Waals surface area (Å²) in [6, 6.07) is 5.13. The second kappa shape index (κ2) is 6.59. The maximum absolute atomic E-state index is 11.6. The van der Waals surface area contributed by atoms with Gasteiger partial charge in [0.1, 0.15) is 5.75 Å².